The van der Waals surface area contributed by atoms with Crippen LogP contribution in [-0.2, 0) is 13.0 Å². The number of ether oxygens (including phenoxy) is 1. The third-order valence-electron chi connectivity index (χ3n) is 6.63. The van der Waals surface area contributed by atoms with Gasteiger partial charge in [0.1, 0.15) is 11.6 Å². The van der Waals surface area contributed by atoms with Crippen LogP contribution < -0.4 is 9.64 Å². The van der Waals surface area contributed by atoms with Crippen molar-refractivity contribution >= 4 is 11.7 Å². The lowest BCUT2D eigenvalue weighted by Crippen LogP contribution is -2.38. The number of hydrogen-bond donors (Lipinski definition) is 0. The molecule has 6 heteroatoms. The topological polar surface area (TPSA) is 58.6 Å². The molecular weight excluding hydrogens is 424 g/mol. The molecule has 3 aromatic rings. The number of fused-ring (bicyclic) bond motifs is 1. The highest BCUT2D eigenvalue weighted by molar-refractivity contribution is 5.94. The highest BCUT2D eigenvalue weighted by Crippen LogP contribution is 2.32. The van der Waals surface area contributed by atoms with E-state index in [1.165, 1.54) is 12.8 Å². The Morgan fingerprint density at radius 3 is 2.47 bits per heavy atom. The van der Waals surface area contributed by atoms with Gasteiger partial charge < -0.3 is 14.5 Å². The first-order chi connectivity index (χ1) is 16.7. The number of unbranched alkanes of at least 4 members (excludes halogenated alkanes) is 1. The number of amides is 1. The van der Waals surface area contributed by atoms with E-state index in [1.54, 1.807) is 0 Å². The molecule has 2 aliphatic rings. The molecule has 176 valence electrons. The smallest absolute Gasteiger partial charge is 0.254 e. The molecule has 1 aromatic heterocycles. The number of benzene rings is 2. The van der Waals surface area contributed by atoms with Crippen molar-refractivity contribution in [2.45, 2.75) is 45.6 Å². The number of rotatable bonds is 7. The van der Waals surface area contributed by atoms with Crippen LogP contribution in [0.4, 0.5) is 5.82 Å². The summed E-state index contributed by atoms with van der Waals surface area (Å²) in [5.74, 6) is 2.63. The van der Waals surface area contributed by atoms with Crippen molar-refractivity contribution in [2.75, 3.05) is 31.1 Å². The van der Waals surface area contributed by atoms with E-state index < -0.39 is 0 Å². The van der Waals surface area contributed by atoms with E-state index in [9.17, 15) is 4.79 Å². The third-order valence-corrected chi connectivity index (χ3v) is 6.63. The minimum absolute atomic E-state index is 0.0465. The Kier molecular flexibility index (Phi) is 6.74. The quantitative estimate of drug-likeness (QED) is 0.462. The Balaban J connectivity index is 1.39. The Morgan fingerprint density at radius 2 is 1.74 bits per heavy atom. The number of carbonyl (C=O) groups is 1. The first-order valence-corrected chi connectivity index (χ1v) is 12.4. The molecule has 0 aliphatic carbocycles. The molecule has 34 heavy (non-hydrogen) atoms. The summed E-state index contributed by atoms with van der Waals surface area (Å²) >= 11 is 0. The lowest BCUT2D eigenvalue weighted by atomic mass is 10.0. The number of carbonyl (C=O) groups excluding carboxylic acids is 1. The van der Waals surface area contributed by atoms with Gasteiger partial charge in [-0.15, -0.1) is 0 Å². The zero-order valence-electron chi connectivity index (χ0n) is 19.9. The van der Waals surface area contributed by atoms with Gasteiger partial charge in [0.25, 0.3) is 5.91 Å². The van der Waals surface area contributed by atoms with Crippen LogP contribution in [0.25, 0.3) is 11.4 Å². The third kappa shape index (κ3) is 4.76. The molecule has 0 spiro atoms. The second-order valence-corrected chi connectivity index (χ2v) is 9.06. The average Bonchev–Trinajstić information content (AvgIpc) is 3.43. The predicted molar refractivity (Wildman–Crippen MR) is 134 cm³/mol. The lowest BCUT2D eigenvalue weighted by molar-refractivity contribution is 0.0733. The zero-order chi connectivity index (χ0) is 23.3. The van der Waals surface area contributed by atoms with Crippen LogP contribution in [-0.4, -0.2) is 47.0 Å². The first-order valence-electron chi connectivity index (χ1n) is 12.4. The van der Waals surface area contributed by atoms with E-state index in [-0.39, 0.29) is 5.91 Å². The fourth-order valence-corrected chi connectivity index (χ4v) is 4.69. The van der Waals surface area contributed by atoms with Crippen molar-refractivity contribution in [3.63, 3.8) is 0 Å². The van der Waals surface area contributed by atoms with Gasteiger partial charge in [0, 0.05) is 42.7 Å². The fourth-order valence-electron chi connectivity index (χ4n) is 4.69. The second-order valence-electron chi connectivity index (χ2n) is 9.06. The summed E-state index contributed by atoms with van der Waals surface area (Å²) in [5, 5.41) is 0. The Bertz CT molecular complexity index is 1130. The van der Waals surface area contributed by atoms with Gasteiger partial charge in [0.2, 0.25) is 0 Å². The van der Waals surface area contributed by atoms with Gasteiger partial charge in [-0.05, 0) is 43.5 Å². The molecule has 6 nitrogen and oxygen atoms in total. The minimum Gasteiger partial charge on any atom is -0.494 e. The van der Waals surface area contributed by atoms with Gasteiger partial charge in [-0.3, -0.25) is 4.79 Å². The SMILES string of the molecule is CCCCOc1ccc(C(=O)N2CCc3nc(-c4ccccc4)nc(N4CCCC4)c3C2)cc1. The molecule has 0 saturated carbocycles. The van der Waals surface area contributed by atoms with Crippen LogP contribution in [0, 0.1) is 0 Å². The first kappa shape index (κ1) is 22.4. The Morgan fingerprint density at radius 1 is 0.971 bits per heavy atom. The van der Waals surface area contributed by atoms with Crippen LogP contribution >= 0.6 is 0 Å². The minimum atomic E-state index is 0.0465. The van der Waals surface area contributed by atoms with E-state index in [4.69, 9.17) is 14.7 Å². The molecule has 2 aromatic carbocycles. The monoisotopic (exact) mass is 456 g/mol. The zero-order valence-corrected chi connectivity index (χ0v) is 19.9. The Hall–Kier alpha value is -3.41. The van der Waals surface area contributed by atoms with Crippen LogP contribution in [0.1, 0.15) is 54.2 Å². The standard InChI is InChI=1S/C28H32N4O2/c1-2-3-19-34-23-13-11-22(12-14-23)28(33)32-18-15-25-24(20-32)27(31-16-7-8-17-31)30-26(29-25)21-9-5-4-6-10-21/h4-6,9-14H,2-3,7-8,15-20H2,1H3. The number of nitrogens with zero attached hydrogens (tertiary/aromatic N) is 4. The normalized spacial score (nSPS) is 15.3. The van der Waals surface area contributed by atoms with Gasteiger partial charge in [-0.1, -0.05) is 43.7 Å². The summed E-state index contributed by atoms with van der Waals surface area (Å²) < 4.78 is 5.75. The largest absolute Gasteiger partial charge is 0.494 e. The van der Waals surface area contributed by atoms with E-state index >= 15 is 0 Å². The van der Waals surface area contributed by atoms with E-state index in [0.717, 1.165) is 66.6 Å². The summed E-state index contributed by atoms with van der Waals surface area (Å²) in [6.45, 7) is 6.06. The van der Waals surface area contributed by atoms with Crippen LogP contribution in [0.3, 0.4) is 0 Å². The lowest BCUT2D eigenvalue weighted by Gasteiger charge is -2.32. The molecule has 2 aliphatic heterocycles. The van der Waals surface area contributed by atoms with E-state index in [1.807, 2.05) is 47.4 Å². The van der Waals surface area contributed by atoms with Gasteiger partial charge in [-0.25, -0.2) is 9.97 Å². The second kappa shape index (κ2) is 10.2. The van der Waals surface area contributed by atoms with Crippen LogP contribution in [0.15, 0.2) is 54.6 Å². The maximum Gasteiger partial charge on any atom is 0.254 e. The van der Waals surface area contributed by atoms with Crippen molar-refractivity contribution in [1.82, 2.24) is 14.9 Å². The molecule has 1 amide bonds. The average molecular weight is 457 g/mol. The fraction of sp³-hybridized carbons (Fsp3) is 0.393. The van der Waals surface area contributed by atoms with E-state index in [2.05, 4.69) is 24.0 Å². The summed E-state index contributed by atoms with van der Waals surface area (Å²) in [4.78, 5) is 27.6. The Labute approximate surface area is 201 Å². The summed E-state index contributed by atoms with van der Waals surface area (Å²) in [6.07, 6.45) is 5.22. The number of aromatic nitrogens is 2. The van der Waals surface area contributed by atoms with Crippen molar-refractivity contribution in [3.05, 3.63) is 71.4 Å². The van der Waals surface area contributed by atoms with Crippen molar-refractivity contribution in [3.8, 4) is 17.1 Å². The maximum absolute atomic E-state index is 13.3. The maximum atomic E-state index is 13.3. The van der Waals surface area contributed by atoms with Crippen molar-refractivity contribution in [2.24, 2.45) is 0 Å². The van der Waals surface area contributed by atoms with E-state index in [0.29, 0.717) is 25.3 Å². The predicted octanol–water partition coefficient (Wildman–Crippen LogP) is 5.12. The van der Waals surface area contributed by atoms with Gasteiger partial charge in [0.15, 0.2) is 5.82 Å². The highest BCUT2D eigenvalue weighted by atomic mass is 16.5. The molecule has 0 atom stereocenters. The molecule has 0 radical (unpaired) electrons. The van der Waals surface area contributed by atoms with Crippen LogP contribution in [0.2, 0.25) is 0 Å². The van der Waals surface area contributed by atoms with Crippen molar-refractivity contribution < 1.29 is 9.53 Å². The molecule has 5 rings (SSSR count). The molecular formula is C28H32N4O2. The molecule has 0 unspecified atom stereocenters. The van der Waals surface area contributed by atoms with Gasteiger partial charge >= 0.3 is 0 Å². The van der Waals surface area contributed by atoms with Gasteiger partial charge in [-0.2, -0.15) is 0 Å². The number of hydrogen-bond acceptors (Lipinski definition) is 5. The van der Waals surface area contributed by atoms with Gasteiger partial charge in [0.05, 0.1) is 18.8 Å². The summed E-state index contributed by atoms with van der Waals surface area (Å²) in [7, 11) is 0. The molecule has 0 N–H and O–H groups in total. The molecule has 0 bridgehead atoms. The molecule has 1 fully saturated rings. The summed E-state index contributed by atoms with van der Waals surface area (Å²) in [6, 6.07) is 17.7. The van der Waals surface area contributed by atoms with Crippen LogP contribution in [0.5, 0.6) is 5.75 Å². The molecule has 1 saturated heterocycles. The summed E-state index contributed by atoms with van der Waals surface area (Å²) in [5.41, 5.74) is 3.89. The highest BCUT2D eigenvalue weighted by Gasteiger charge is 2.29. The van der Waals surface area contributed by atoms with Crippen molar-refractivity contribution in [1.29, 1.82) is 0 Å². The molecule has 3 heterocycles. The number of anilines is 1.